The highest BCUT2D eigenvalue weighted by atomic mass is 19.4. The van der Waals surface area contributed by atoms with Gasteiger partial charge in [-0.05, 0) is 6.92 Å². The van der Waals surface area contributed by atoms with Gasteiger partial charge in [-0.1, -0.05) is 0 Å². The van der Waals surface area contributed by atoms with Crippen molar-refractivity contribution < 1.29 is 36.6 Å². The van der Waals surface area contributed by atoms with E-state index in [-0.39, 0.29) is 4.90 Å². The van der Waals surface area contributed by atoms with Gasteiger partial charge in [0, 0.05) is 7.05 Å². The van der Waals surface area contributed by atoms with Crippen LogP contribution < -0.4 is 0 Å². The zero-order valence-electron chi connectivity index (χ0n) is 8.18. The molecule has 9 heteroatoms. The summed E-state index contributed by atoms with van der Waals surface area (Å²) in [6.45, 7) is 0.812. The number of amides is 1. The van der Waals surface area contributed by atoms with Gasteiger partial charge in [0.25, 0.3) is 0 Å². The number of likely N-dealkylation sites (N-methyl/N-ethyl adjacent to an activating group) is 1. The maximum atomic E-state index is 12.5. The third kappa shape index (κ3) is 2.58. The van der Waals surface area contributed by atoms with Crippen LogP contribution in [0.15, 0.2) is 0 Å². The third-order valence-electron chi connectivity index (χ3n) is 1.88. The summed E-state index contributed by atoms with van der Waals surface area (Å²) in [6.07, 6.45) is -6.05. The summed E-state index contributed by atoms with van der Waals surface area (Å²) >= 11 is 0. The molecule has 0 saturated heterocycles. The Balaban J connectivity index is 5.01. The molecule has 0 rings (SSSR count). The van der Waals surface area contributed by atoms with Gasteiger partial charge in [0.15, 0.2) is 0 Å². The number of carbonyl (C=O) groups is 2. The van der Waals surface area contributed by atoms with E-state index in [1.807, 2.05) is 0 Å². The average molecular weight is 249 g/mol. The third-order valence-corrected chi connectivity index (χ3v) is 1.88. The molecule has 0 fully saturated rings. The second kappa shape index (κ2) is 4.22. The number of alkyl halides is 5. The minimum atomic E-state index is -6.05. The predicted octanol–water partition coefficient (Wildman–Crippen LogP) is 1.12. The lowest BCUT2D eigenvalue weighted by molar-refractivity contribution is -0.274. The molecule has 0 aromatic heterocycles. The minimum absolute atomic E-state index is 0.171. The fraction of sp³-hybridized carbons (Fsp3) is 0.714. The van der Waals surface area contributed by atoms with Gasteiger partial charge in [-0.3, -0.25) is 4.79 Å². The maximum absolute atomic E-state index is 12.5. The van der Waals surface area contributed by atoms with Crippen LogP contribution >= 0.6 is 0 Å². The molecule has 0 heterocycles. The largest absolute Gasteiger partial charge is 0.480 e. The zero-order chi connectivity index (χ0) is 13.3. The predicted molar refractivity (Wildman–Crippen MR) is 40.9 cm³/mol. The lowest BCUT2D eigenvalue weighted by atomic mass is 10.2. The van der Waals surface area contributed by atoms with E-state index >= 15 is 0 Å². The van der Waals surface area contributed by atoms with E-state index in [9.17, 15) is 31.5 Å². The first kappa shape index (κ1) is 14.6. The molecule has 0 radical (unpaired) electrons. The van der Waals surface area contributed by atoms with Gasteiger partial charge in [-0.25, -0.2) is 4.79 Å². The van der Waals surface area contributed by atoms with E-state index in [0.717, 1.165) is 6.92 Å². The first-order chi connectivity index (χ1) is 6.93. The van der Waals surface area contributed by atoms with E-state index in [1.165, 1.54) is 0 Å². The normalized spacial score (nSPS) is 14.4. The highest BCUT2D eigenvalue weighted by Gasteiger charge is 2.64. The summed E-state index contributed by atoms with van der Waals surface area (Å²) in [4.78, 5) is 20.9. The molecule has 1 unspecified atom stereocenters. The average Bonchev–Trinajstić information content (AvgIpc) is 2.12. The Bertz CT molecular complexity index is 301. The van der Waals surface area contributed by atoms with Crippen molar-refractivity contribution in [1.82, 2.24) is 4.90 Å². The van der Waals surface area contributed by atoms with E-state index in [0.29, 0.717) is 7.05 Å². The van der Waals surface area contributed by atoms with Crippen LogP contribution in [0.4, 0.5) is 22.0 Å². The van der Waals surface area contributed by atoms with Gasteiger partial charge < -0.3 is 10.0 Å². The van der Waals surface area contributed by atoms with Crippen LogP contribution in [-0.4, -0.2) is 47.1 Å². The molecule has 0 aliphatic heterocycles. The fourth-order valence-electron chi connectivity index (χ4n) is 0.684. The smallest absolute Gasteiger partial charge is 0.463 e. The first-order valence-corrected chi connectivity index (χ1v) is 3.87. The van der Waals surface area contributed by atoms with E-state index in [4.69, 9.17) is 5.11 Å². The molecular weight excluding hydrogens is 241 g/mol. The standard InChI is InChI=1S/C7H8F5NO3/c1-3(4(14)15)13(2)5(16)6(8,9)7(10,11)12/h3H,1-2H3,(H,14,15). The van der Waals surface area contributed by atoms with Gasteiger partial charge in [-0.2, -0.15) is 22.0 Å². The number of rotatable bonds is 3. The number of hydrogen-bond acceptors (Lipinski definition) is 2. The topological polar surface area (TPSA) is 57.6 Å². The molecule has 0 saturated carbocycles. The lowest BCUT2D eigenvalue weighted by Gasteiger charge is -2.27. The lowest BCUT2D eigenvalue weighted by Crippen LogP contribution is -2.54. The Morgan fingerprint density at radius 1 is 1.19 bits per heavy atom. The van der Waals surface area contributed by atoms with Crippen molar-refractivity contribution in [2.24, 2.45) is 0 Å². The number of aliphatic carboxylic acids is 1. The number of hydrogen-bond donors (Lipinski definition) is 1. The molecule has 0 aliphatic rings. The number of carboxylic acids is 1. The van der Waals surface area contributed by atoms with Crippen LogP contribution in [0, 0.1) is 0 Å². The van der Waals surface area contributed by atoms with Crippen molar-refractivity contribution in [1.29, 1.82) is 0 Å². The first-order valence-electron chi connectivity index (χ1n) is 3.87. The van der Waals surface area contributed by atoms with E-state index in [1.54, 1.807) is 0 Å². The molecule has 0 aromatic carbocycles. The number of carbonyl (C=O) groups excluding carboxylic acids is 1. The Morgan fingerprint density at radius 2 is 1.56 bits per heavy atom. The summed E-state index contributed by atoms with van der Waals surface area (Å²) in [5, 5.41) is 8.35. The highest BCUT2D eigenvalue weighted by Crippen LogP contribution is 2.36. The monoisotopic (exact) mass is 249 g/mol. The van der Waals surface area contributed by atoms with Crippen LogP contribution in [0.5, 0.6) is 0 Å². The summed E-state index contributed by atoms with van der Waals surface area (Å²) in [5.74, 6) is -9.88. The van der Waals surface area contributed by atoms with Crippen molar-refractivity contribution in [3.8, 4) is 0 Å². The SMILES string of the molecule is CC(C(=O)O)N(C)C(=O)C(F)(F)C(F)(F)F. The number of nitrogens with zero attached hydrogens (tertiary/aromatic N) is 1. The molecular formula is C7H8F5NO3. The second-order valence-corrected chi connectivity index (χ2v) is 3.00. The number of carboxylic acid groups (broad SMARTS) is 1. The van der Waals surface area contributed by atoms with Crippen molar-refractivity contribution >= 4 is 11.9 Å². The maximum Gasteiger partial charge on any atom is 0.463 e. The van der Waals surface area contributed by atoms with Gasteiger partial charge in [0.05, 0.1) is 0 Å². The van der Waals surface area contributed by atoms with E-state index < -0.39 is 30.0 Å². The van der Waals surface area contributed by atoms with Crippen molar-refractivity contribution in [3.63, 3.8) is 0 Å². The summed E-state index contributed by atoms with van der Waals surface area (Å²) in [5.41, 5.74) is 0. The quantitative estimate of drug-likeness (QED) is 0.762. The Hall–Kier alpha value is -1.41. The molecule has 0 aromatic rings. The van der Waals surface area contributed by atoms with Crippen LogP contribution in [0.1, 0.15) is 6.92 Å². The molecule has 1 amide bonds. The molecule has 94 valence electrons. The van der Waals surface area contributed by atoms with Gasteiger partial charge in [0.1, 0.15) is 6.04 Å². The van der Waals surface area contributed by atoms with Gasteiger partial charge in [0.2, 0.25) is 0 Å². The summed E-state index contributed by atoms with van der Waals surface area (Å²) in [7, 11) is 0.556. The minimum Gasteiger partial charge on any atom is -0.480 e. The molecule has 1 atom stereocenters. The van der Waals surface area contributed by atoms with E-state index in [2.05, 4.69) is 0 Å². The summed E-state index contributed by atoms with van der Waals surface area (Å²) < 4.78 is 60.3. The van der Waals surface area contributed by atoms with Crippen LogP contribution in [0.2, 0.25) is 0 Å². The Morgan fingerprint density at radius 3 is 1.81 bits per heavy atom. The van der Waals surface area contributed by atoms with Crippen LogP contribution in [-0.2, 0) is 9.59 Å². The molecule has 16 heavy (non-hydrogen) atoms. The van der Waals surface area contributed by atoms with Crippen LogP contribution in [0.25, 0.3) is 0 Å². The number of halogens is 5. The molecule has 0 bridgehead atoms. The Kier molecular flexibility index (Phi) is 3.85. The zero-order valence-corrected chi connectivity index (χ0v) is 8.18. The molecule has 1 N–H and O–H groups in total. The van der Waals surface area contributed by atoms with Crippen molar-refractivity contribution in [2.75, 3.05) is 7.05 Å². The van der Waals surface area contributed by atoms with Crippen molar-refractivity contribution in [3.05, 3.63) is 0 Å². The Labute approximate surface area is 86.6 Å². The highest BCUT2D eigenvalue weighted by molar-refractivity contribution is 5.88. The van der Waals surface area contributed by atoms with Crippen molar-refractivity contribution in [2.45, 2.75) is 25.1 Å². The molecule has 0 aliphatic carbocycles. The van der Waals surface area contributed by atoms with Gasteiger partial charge >= 0.3 is 24.0 Å². The molecule has 4 nitrogen and oxygen atoms in total. The molecule has 0 spiro atoms. The fourth-order valence-corrected chi connectivity index (χ4v) is 0.684. The second-order valence-electron chi connectivity index (χ2n) is 3.00. The summed E-state index contributed by atoms with van der Waals surface area (Å²) in [6, 6.07) is -1.78. The van der Waals surface area contributed by atoms with Gasteiger partial charge in [-0.15, -0.1) is 0 Å². The van der Waals surface area contributed by atoms with Crippen LogP contribution in [0.3, 0.4) is 0 Å².